The summed E-state index contributed by atoms with van der Waals surface area (Å²) in [5, 5.41) is 3.24. The maximum Gasteiger partial charge on any atom is 0.149 e. The molecule has 1 aromatic rings. The number of pyridine rings is 1. The summed E-state index contributed by atoms with van der Waals surface area (Å²) < 4.78 is 10.3. The van der Waals surface area contributed by atoms with E-state index in [1.165, 1.54) is 0 Å². The number of hydrogen-bond acceptors (Lipinski definition) is 5. The highest BCUT2D eigenvalue weighted by Crippen LogP contribution is 2.15. The Morgan fingerprint density at radius 3 is 2.83 bits per heavy atom. The quantitative estimate of drug-likeness (QED) is 0.657. The van der Waals surface area contributed by atoms with Gasteiger partial charge in [-0.05, 0) is 31.9 Å². The lowest BCUT2D eigenvalue weighted by Gasteiger charge is -2.09. The third-order valence-corrected chi connectivity index (χ3v) is 2.51. The van der Waals surface area contributed by atoms with Crippen LogP contribution in [0.5, 0.6) is 0 Å². The zero-order valence-corrected chi connectivity index (χ0v) is 11.2. The van der Waals surface area contributed by atoms with Crippen molar-refractivity contribution in [3.63, 3.8) is 0 Å². The Hall–Kier alpha value is -1.33. The van der Waals surface area contributed by atoms with Crippen LogP contribution in [-0.2, 0) is 9.47 Å². The van der Waals surface area contributed by atoms with Crippen molar-refractivity contribution in [2.45, 2.75) is 19.8 Å². The molecule has 5 heteroatoms. The number of rotatable bonds is 9. The third-order valence-electron chi connectivity index (χ3n) is 2.51. The molecule has 5 nitrogen and oxygen atoms in total. The van der Waals surface area contributed by atoms with Gasteiger partial charge in [0.25, 0.3) is 0 Å². The monoisotopic (exact) mass is 253 g/mol. The first-order valence-electron chi connectivity index (χ1n) is 6.27. The van der Waals surface area contributed by atoms with E-state index in [9.17, 15) is 0 Å². The van der Waals surface area contributed by atoms with Gasteiger partial charge >= 0.3 is 0 Å². The Bertz CT molecular complexity index is 345. The largest absolute Gasteiger partial charge is 0.396 e. The van der Waals surface area contributed by atoms with Crippen molar-refractivity contribution in [1.82, 2.24) is 4.98 Å². The first-order chi connectivity index (χ1) is 8.74. The maximum absolute atomic E-state index is 5.82. The number of nitrogens with one attached hydrogen (secondary N) is 1. The van der Waals surface area contributed by atoms with Crippen LogP contribution in [0.1, 0.15) is 18.5 Å². The molecule has 0 unspecified atom stereocenters. The van der Waals surface area contributed by atoms with Gasteiger partial charge in [-0.1, -0.05) is 0 Å². The first-order valence-corrected chi connectivity index (χ1v) is 6.27. The van der Waals surface area contributed by atoms with Crippen molar-refractivity contribution in [3.8, 4) is 0 Å². The molecule has 102 valence electrons. The second-order valence-electron chi connectivity index (χ2n) is 4.13. The lowest BCUT2D eigenvalue weighted by molar-refractivity contribution is 0.0691. The average molecular weight is 253 g/mol. The normalized spacial score (nSPS) is 10.6. The fourth-order valence-corrected chi connectivity index (χ4v) is 1.49. The molecule has 3 N–H and O–H groups in total. The van der Waals surface area contributed by atoms with Gasteiger partial charge in [0.2, 0.25) is 0 Å². The lowest BCUT2D eigenvalue weighted by Crippen LogP contribution is -2.08. The summed E-state index contributed by atoms with van der Waals surface area (Å²) in [5.41, 5.74) is 7.48. The van der Waals surface area contributed by atoms with Crippen LogP contribution < -0.4 is 11.1 Å². The molecular formula is C13H23N3O2. The van der Waals surface area contributed by atoms with Crippen LogP contribution in [-0.4, -0.2) is 38.5 Å². The summed E-state index contributed by atoms with van der Waals surface area (Å²) in [6, 6.07) is 3.78. The fourth-order valence-electron chi connectivity index (χ4n) is 1.49. The second-order valence-corrected chi connectivity index (χ2v) is 4.13. The van der Waals surface area contributed by atoms with Gasteiger partial charge in [-0.2, -0.15) is 0 Å². The molecule has 0 bridgehead atoms. The van der Waals surface area contributed by atoms with Crippen LogP contribution in [0.4, 0.5) is 11.5 Å². The highest BCUT2D eigenvalue weighted by Gasteiger charge is 1.99. The van der Waals surface area contributed by atoms with E-state index in [-0.39, 0.29) is 0 Å². The minimum absolute atomic E-state index is 0.655. The van der Waals surface area contributed by atoms with Crippen molar-refractivity contribution >= 4 is 11.5 Å². The molecule has 1 rings (SSSR count). The molecule has 0 fully saturated rings. The zero-order valence-electron chi connectivity index (χ0n) is 11.2. The molecule has 1 aromatic heterocycles. The zero-order chi connectivity index (χ0) is 13.2. The summed E-state index contributed by atoms with van der Waals surface area (Å²) in [6.07, 6.45) is 2.05. The molecule has 18 heavy (non-hydrogen) atoms. The fraction of sp³-hybridized carbons (Fsp3) is 0.615. The van der Waals surface area contributed by atoms with Crippen molar-refractivity contribution in [3.05, 3.63) is 17.8 Å². The number of nitrogens with zero attached hydrogens (tertiary/aromatic N) is 1. The minimum atomic E-state index is 0.655. The van der Waals surface area contributed by atoms with Gasteiger partial charge in [0, 0.05) is 26.0 Å². The molecule has 0 aromatic carbocycles. The summed E-state index contributed by atoms with van der Waals surface area (Å²) in [6.45, 7) is 4.89. The SMILES string of the molecule is COCCOCCCCNc1nc(C)ccc1N. The van der Waals surface area contributed by atoms with Crippen LogP contribution in [0, 0.1) is 6.92 Å². The molecule has 0 aliphatic carbocycles. The molecule has 0 aliphatic heterocycles. The Balaban J connectivity index is 2.09. The molecule has 0 amide bonds. The molecule has 0 spiro atoms. The van der Waals surface area contributed by atoms with Gasteiger partial charge in [-0.15, -0.1) is 0 Å². The van der Waals surface area contributed by atoms with E-state index in [1.54, 1.807) is 7.11 Å². The smallest absolute Gasteiger partial charge is 0.149 e. The van der Waals surface area contributed by atoms with Gasteiger partial charge in [-0.25, -0.2) is 4.98 Å². The number of aryl methyl sites for hydroxylation is 1. The van der Waals surface area contributed by atoms with E-state index in [4.69, 9.17) is 15.2 Å². The Labute approximate surface area is 109 Å². The Kier molecular flexibility index (Phi) is 7.13. The topological polar surface area (TPSA) is 69.4 Å². The highest BCUT2D eigenvalue weighted by atomic mass is 16.5. The van der Waals surface area contributed by atoms with Crippen molar-refractivity contribution in [2.24, 2.45) is 0 Å². The number of ether oxygens (including phenoxy) is 2. The van der Waals surface area contributed by atoms with Gasteiger partial charge in [-0.3, -0.25) is 0 Å². The average Bonchev–Trinajstić information content (AvgIpc) is 2.36. The van der Waals surface area contributed by atoms with E-state index in [2.05, 4.69) is 10.3 Å². The van der Waals surface area contributed by atoms with E-state index in [1.807, 2.05) is 19.1 Å². The molecule has 0 atom stereocenters. The molecular weight excluding hydrogens is 230 g/mol. The lowest BCUT2D eigenvalue weighted by atomic mass is 10.3. The van der Waals surface area contributed by atoms with E-state index < -0.39 is 0 Å². The number of hydrogen-bond donors (Lipinski definition) is 2. The number of methoxy groups -OCH3 is 1. The van der Waals surface area contributed by atoms with Crippen molar-refractivity contribution < 1.29 is 9.47 Å². The first kappa shape index (κ1) is 14.7. The van der Waals surface area contributed by atoms with Gasteiger partial charge in [0.1, 0.15) is 5.82 Å². The predicted octanol–water partition coefficient (Wildman–Crippen LogP) is 1.83. The molecule has 0 saturated heterocycles. The summed E-state index contributed by atoms with van der Waals surface area (Å²) in [4.78, 5) is 4.35. The van der Waals surface area contributed by atoms with Crippen LogP contribution in [0.2, 0.25) is 0 Å². The Morgan fingerprint density at radius 2 is 2.06 bits per heavy atom. The highest BCUT2D eigenvalue weighted by molar-refractivity contribution is 5.61. The van der Waals surface area contributed by atoms with Crippen LogP contribution in [0.15, 0.2) is 12.1 Å². The van der Waals surface area contributed by atoms with Crippen LogP contribution in [0.25, 0.3) is 0 Å². The van der Waals surface area contributed by atoms with Crippen molar-refractivity contribution in [2.75, 3.05) is 44.5 Å². The van der Waals surface area contributed by atoms with E-state index in [0.29, 0.717) is 18.9 Å². The number of nitrogen functional groups attached to an aromatic ring is 1. The number of unbranched alkanes of at least 4 members (excludes halogenated alkanes) is 1. The standard InChI is InChI=1S/C13H23N3O2/c1-11-5-6-12(14)13(16-11)15-7-3-4-8-18-10-9-17-2/h5-6H,3-4,7-10,14H2,1-2H3,(H,15,16). The molecule has 0 radical (unpaired) electrons. The number of anilines is 2. The van der Waals surface area contributed by atoms with Gasteiger partial charge < -0.3 is 20.5 Å². The van der Waals surface area contributed by atoms with Gasteiger partial charge in [0.15, 0.2) is 0 Å². The van der Waals surface area contributed by atoms with E-state index in [0.717, 1.165) is 37.5 Å². The number of nitrogens with two attached hydrogens (primary N) is 1. The molecule has 0 aliphatic rings. The van der Waals surface area contributed by atoms with E-state index >= 15 is 0 Å². The maximum atomic E-state index is 5.82. The Morgan fingerprint density at radius 1 is 1.22 bits per heavy atom. The number of aromatic nitrogens is 1. The summed E-state index contributed by atoms with van der Waals surface area (Å²) >= 11 is 0. The summed E-state index contributed by atoms with van der Waals surface area (Å²) in [5.74, 6) is 0.773. The molecule has 0 saturated carbocycles. The molecule has 1 heterocycles. The van der Waals surface area contributed by atoms with Crippen LogP contribution in [0.3, 0.4) is 0 Å². The predicted molar refractivity (Wildman–Crippen MR) is 73.8 cm³/mol. The van der Waals surface area contributed by atoms with Crippen LogP contribution >= 0.6 is 0 Å². The minimum Gasteiger partial charge on any atom is -0.396 e. The third kappa shape index (κ3) is 5.84. The second kappa shape index (κ2) is 8.72. The summed E-state index contributed by atoms with van der Waals surface area (Å²) in [7, 11) is 1.67. The van der Waals surface area contributed by atoms with Crippen molar-refractivity contribution in [1.29, 1.82) is 0 Å². The van der Waals surface area contributed by atoms with Gasteiger partial charge in [0.05, 0.1) is 18.9 Å².